The second kappa shape index (κ2) is 6.19. The van der Waals surface area contributed by atoms with Crippen LogP contribution in [0, 0.1) is 6.92 Å². The summed E-state index contributed by atoms with van der Waals surface area (Å²) in [6, 6.07) is 0. The van der Waals surface area contributed by atoms with E-state index in [-0.39, 0.29) is 0 Å². The van der Waals surface area contributed by atoms with Crippen LogP contribution < -0.4 is 4.72 Å². The van der Waals surface area contributed by atoms with Gasteiger partial charge >= 0.3 is 0 Å². The summed E-state index contributed by atoms with van der Waals surface area (Å²) in [6.45, 7) is 4.23. The van der Waals surface area contributed by atoms with Crippen LogP contribution in [-0.4, -0.2) is 15.3 Å². The van der Waals surface area contributed by atoms with E-state index in [2.05, 4.69) is 11.6 Å². The van der Waals surface area contributed by atoms with Crippen LogP contribution in [0.4, 0.5) is 0 Å². The van der Waals surface area contributed by atoms with E-state index >= 15 is 0 Å². The Labute approximate surface area is 58.3 Å². The van der Waals surface area contributed by atoms with E-state index in [1.54, 1.807) is 0 Å². The Morgan fingerprint density at radius 2 is 2.22 bits per heavy atom. The summed E-state index contributed by atoms with van der Waals surface area (Å²) in [7, 11) is 0. The number of unbranched alkanes of at least 4 members (excludes halogenated alkanes) is 2. The minimum Gasteiger partial charge on any atom is -0.294 e. The highest BCUT2D eigenvalue weighted by Crippen LogP contribution is 1.90. The number of hydrogen-bond acceptors (Lipinski definition) is 1. The van der Waals surface area contributed by atoms with Crippen molar-refractivity contribution in [2.24, 2.45) is 0 Å². The zero-order valence-corrected chi connectivity index (χ0v) is 6.12. The molecule has 0 aliphatic carbocycles. The van der Waals surface area contributed by atoms with Crippen LogP contribution in [0.1, 0.15) is 19.3 Å². The quantitative estimate of drug-likeness (QED) is 0.448. The maximum absolute atomic E-state index is 9.95. The van der Waals surface area contributed by atoms with Gasteiger partial charge in [-0.3, -0.25) is 4.55 Å². The molecular weight excluding hydrogens is 138 g/mol. The van der Waals surface area contributed by atoms with Crippen LogP contribution in [0.3, 0.4) is 0 Å². The summed E-state index contributed by atoms with van der Waals surface area (Å²) < 4.78 is 20.5. The van der Waals surface area contributed by atoms with Gasteiger partial charge in [0.2, 0.25) is 11.3 Å². The van der Waals surface area contributed by atoms with E-state index in [9.17, 15) is 4.21 Å². The minimum absolute atomic E-state index is 0.596. The fourth-order valence-corrected chi connectivity index (χ4v) is 0.780. The summed E-state index contributed by atoms with van der Waals surface area (Å²) in [5.41, 5.74) is 0. The minimum atomic E-state index is -1.84. The second-order valence-corrected chi connectivity index (χ2v) is 2.49. The van der Waals surface area contributed by atoms with E-state index in [0.717, 1.165) is 19.3 Å². The molecule has 0 heterocycles. The largest absolute Gasteiger partial charge is 0.294 e. The maximum Gasteiger partial charge on any atom is 0.231 e. The van der Waals surface area contributed by atoms with Crippen LogP contribution in [0.2, 0.25) is 0 Å². The summed E-state index contributed by atoms with van der Waals surface area (Å²) >= 11 is -1.84. The van der Waals surface area contributed by atoms with Crippen molar-refractivity contribution in [1.29, 1.82) is 0 Å². The molecule has 1 unspecified atom stereocenters. The first-order valence-corrected chi connectivity index (χ1v) is 4.01. The Morgan fingerprint density at radius 3 is 2.67 bits per heavy atom. The molecule has 0 saturated carbocycles. The topological polar surface area (TPSA) is 49.3 Å². The van der Waals surface area contributed by atoms with E-state index < -0.39 is 11.3 Å². The van der Waals surface area contributed by atoms with Gasteiger partial charge in [0, 0.05) is 6.54 Å². The smallest absolute Gasteiger partial charge is 0.231 e. The molecule has 9 heavy (non-hydrogen) atoms. The maximum atomic E-state index is 9.95. The predicted octanol–water partition coefficient (Wildman–Crippen LogP) is 0.717. The van der Waals surface area contributed by atoms with Gasteiger partial charge in [-0.05, 0) is 6.42 Å². The van der Waals surface area contributed by atoms with Crippen molar-refractivity contribution >= 4 is 11.3 Å². The van der Waals surface area contributed by atoms with E-state index in [4.69, 9.17) is 4.55 Å². The van der Waals surface area contributed by atoms with Crippen molar-refractivity contribution in [2.75, 3.05) is 6.54 Å². The van der Waals surface area contributed by atoms with Crippen molar-refractivity contribution in [3.63, 3.8) is 0 Å². The van der Waals surface area contributed by atoms with Gasteiger partial charge in [0.1, 0.15) is 0 Å². The molecule has 0 fully saturated rings. The molecule has 0 aromatic carbocycles. The third kappa shape index (κ3) is 8.07. The molecule has 0 saturated heterocycles. The molecule has 1 atom stereocenters. The Hall–Kier alpha value is 0.0700. The van der Waals surface area contributed by atoms with Gasteiger partial charge in [-0.2, -0.15) is 0 Å². The lowest BCUT2D eigenvalue weighted by Crippen LogP contribution is -2.16. The average molecular weight is 150 g/mol. The summed E-state index contributed by atoms with van der Waals surface area (Å²) in [5, 5.41) is 0. The number of rotatable bonds is 5. The number of nitrogens with one attached hydrogen (secondary N) is 1. The Kier molecular flexibility index (Phi) is 6.24. The van der Waals surface area contributed by atoms with Gasteiger partial charge in [-0.15, -0.1) is 0 Å². The zero-order chi connectivity index (χ0) is 7.11. The van der Waals surface area contributed by atoms with Gasteiger partial charge in [-0.1, -0.05) is 19.8 Å². The van der Waals surface area contributed by atoms with Crippen LogP contribution in [-0.2, 0) is 11.3 Å². The zero-order valence-electron chi connectivity index (χ0n) is 5.30. The van der Waals surface area contributed by atoms with E-state index in [1.165, 1.54) is 0 Å². The lowest BCUT2D eigenvalue weighted by atomic mass is 10.3. The van der Waals surface area contributed by atoms with Crippen LogP contribution >= 0.6 is 0 Å². The van der Waals surface area contributed by atoms with Crippen LogP contribution in [0.5, 0.6) is 0 Å². The normalized spacial score (nSPS) is 13.6. The Morgan fingerprint density at radius 1 is 1.56 bits per heavy atom. The Balaban J connectivity index is 2.83. The SMILES string of the molecule is [CH2]CCCCNS(=O)O. The molecule has 2 N–H and O–H groups in total. The lowest BCUT2D eigenvalue weighted by molar-refractivity contribution is 0.545. The van der Waals surface area contributed by atoms with Gasteiger partial charge in [0.25, 0.3) is 0 Å². The lowest BCUT2D eigenvalue weighted by Gasteiger charge is -1.95. The fraction of sp³-hybridized carbons (Fsp3) is 0.800. The highest BCUT2D eigenvalue weighted by atomic mass is 32.2. The highest BCUT2D eigenvalue weighted by Gasteiger charge is 1.88. The van der Waals surface area contributed by atoms with Gasteiger partial charge in [-0.25, -0.2) is 8.93 Å². The first-order chi connectivity index (χ1) is 4.27. The summed E-state index contributed by atoms with van der Waals surface area (Å²) in [4.78, 5) is 0. The second-order valence-electron chi connectivity index (χ2n) is 1.70. The molecule has 0 rings (SSSR count). The first kappa shape index (κ1) is 9.07. The monoisotopic (exact) mass is 150 g/mol. The molecule has 0 spiro atoms. The molecule has 0 aliphatic rings. The first-order valence-electron chi connectivity index (χ1n) is 2.91. The van der Waals surface area contributed by atoms with Crippen molar-refractivity contribution in [2.45, 2.75) is 19.3 Å². The summed E-state index contributed by atoms with van der Waals surface area (Å²) in [5.74, 6) is 0. The average Bonchev–Trinajstić information content (AvgIpc) is 1.80. The van der Waals surface area contributed by atoms with Gasteiger partial charge in [0.15, 0.2) is 0 Å². The molecule has 0 aromatic heterocycles. The van der Waals surface area contributed by atoms with Crippen molar-refractivity contribution in [3.8, 4) is 0 Å². The number of hydrogen-bond donors (Lipinski definition) is 2. The van der Waals surface area contributed by atoms with Crippen LogP contribution in [0.15, 0.2) is 0 Å². The predicted molar refractivity (Wildman–Crippen MR) is 38.0 cm³/mol. The molecule has 4 heteroatoms. The van der Waals surface area contributed by atoms with E-state index in [0.29, 0.717) is 6.54 Å². The van der Waals surface area contributed by atoms with Gasteiger partial charge < -0.3 is 0 Å². The molecule has 3 nitrogen and oxygen atoms in total. The van der Waals surface area contributed by atoms with Gasteiger partial charge in [0.05, 0.1) is 0 Å². The molecule has 55 valence electrons. The molecule has 0 aliphatic heterocycles. The third-order valence-corrected chi connectivity index (χ3v) is 1.35. The van der Waals surface area contributed by atoms with Crippen molar-refractivity contribution in [1.82, 2.24) is 4.72 Å². The van der Waals surface area contributed by atoms with Crippen molar-refractivity contribution < 1.29 is 8.76 Å². The summed E-state index contributed by atoms with van der Waals surface area (Å²) in [6.07, 6.45) is 2.81. The fourth-order valence-electron chi connectivity index (χ4n) is 0.461. The standard InChI is InChI=1S/C5H12NO2S/c1-2-3-4-5-6-9(7)8/h6H,1-5H2,(H,7,8). The molecule has 1 radical (unpaired) electrons. The molecule has 0 bridgehead atoms. The molecular formula is C5H12NO2S. The Bertz CT molecular complexity index is 87.0. The molecule has 0 amide bonds. The highest BCUT2D eigenvalue weighted by molar-refractivity contribution is 7.77. The van der Waals surface area contributed by atoms with Crippen LogP contribution in [0.25, 0.3) is 0 Å². The molecule has 0 aromatic rings. The van der Waals surface area contributed by atoms with E-state index in [1.807, 2.05) is 0 Å². The third-order valence-electron chi connectivity index (χ3n) is 0.902. The van der Waals surface area contributed by atoms with Crippen molar-refractivity contribution in [3.05, 3.63) is 6.92 Å².